The lowest BCUT2D eigenvalue weighted by Gasteiger charge is -2.07. The van der Waals surface area contributed by atoms with Crippen LogP contribution in [0.1, 0.15) is 43.7 Å². The average Bonchev–Trinajstić information content (AvgIpc) is 2.55. The quantitative estimate of drug-likeness (QED) is 0.787. The second kappa shape index (κ2) is 6.02. The van der Waals surface area contributed by atoms with E-state index in [-0.39, 0.29) is 6.04 Å². The van der Waals surface area contributed by atoms with Crippen molar-refractivity contribution in [1.29, 1.82) is 0 Å². The molecule has 0 bridgehead atoms. The molecular weight excluding hydrogens is 206 g/mol. The van der Waals surface area contributed by atoms with Crippen LogP contribution in [-0.4, -0.2) is 6.04 Å². The predicted octanol–water partition coefficient (Wildman–Crippen LogP) is 3.62. The van der Waals surface area contributed by atoms with Crippen LogP contribution in [0.5, 0.6) is 0 Å². The molecule has 0 saturated heterocycles. The molecule has 2 N–H and O–H groups in total. The SMILES string of the molecule is CCc1ccc(CC2=CC(N)CCCC2)cc1. The van der Waals surface area contributed by atoms with Crippen LogP contribution in [0.2, 0.25) is 0 Å². The highest BCUT2D eigenvalue weighted by Crippen LogP contribution is 2.20. The second-order valence-electron chi connectivity index (χ2n) is 5.08. The van der Waals surface area contributed by atoms with E-state index in [1.54, 1.807) is 0 Å². The molecule has 92 valence electrons. The summed E-state index contributed by atoms with van der Waals surface area (Å²) in [5.74, 6) is 0. The number of aryl methyl sites for hydroxylation is 1. The summed E-state index contributed by atoms with van der Waals surface area (Å²) in [6.45, 7) is 2.20. The van der Waals surface area contributed by atoms with Crippen molar-refractivity contribution in [3.63, 3.8) is 0 Å². The minimum absolute atomic E-state index is 0.280. The summed E-state index contributed by atoms with van der Waals surface area (Å²) < 4.78 is 0. The van der Waals surface area contributed by atoms with Gasteiger partial charge in [-0.2, -0.15) is 0 Å². The number of hydrogen-bond acceptors (Lipinski definition) is 1. The molecule has 0 amide bonds. The van der Waals surface area contributed by atoms with Gasteiger partial charge in [-0.15, -0.1) is 0 Å². The first-order chi connectivity index (χ1) is 8.28. The minimum atomic E-state index is 0.280. The molecule has 0 spiro atoms. The van der Waals surface area contributed by atoms with Gasteiger partial charge in [-0.3, -0.25) is 0 Å². The van der Waals surface area contributed by atoms with Crippen molar-refractivity contribution in [2.75, 3.05) is 0 Å². The maximum atomic E-state index is 6.05. The molecule has 0 saturated carbocycles. The molecule has 1 aromatic rings. The standard InChI is InChI=1S/C16H23N/c1-2-13-7-9-14(10-8-13)11-15-5-3-4-6-16(17)12-15/h7-10,12,16H,2-6,11,17H2,1H3. The number of nitrogens with two attached hydrogens (primary N) is 1. The van der Waals surface area contributed by atoms with Gasteiger partial charge in [0.15, 0.2) is 0 Å². The van der Waals surface area contributed by atoms with Crippen LogP contribution >= 0.6 is 0 Å². The maximum absolute atomic E-state index is 6.05. The van der Waals surface area contributed by atoms with Crippen molar-refractivity contribution < 1.29 is 0 Å². The van der Waals surface area contributed by atoms with Crippen LogP contribution in [0.15, 0.2) is 35.9 Å². The van der Waals surface area contributed by atoms with E-state index < -0.39 is 0 Å². The highest BCUT2D eigenvalue weighted by atomic mass is 14.6. The molecule has 1 aromatic carbocycles. The van der Waals surface area contributed by atoms with Crippen LogP contribution < -0.4 is 5.73 Å². The third-order valence-electron chi connectivity index (χ3n) is 3.60. The Bertz CT molecular complexity index is 375. The van der Waals surface area contributed by atoms with Gasteiger partial charge in [-0.05, 0) is 43.2 Å². The molecular formula is C16H23N. The van der Waals surface area contributed by atoms with Gasteiger partial charge in [0.2, 0.25) is 0 Å². The molecule has 0 fully saturated rings. The van der Waals surface area contributed by atoms with Gasteiger partial charge in [0, 0.05) is 6.04 Å². The van der Waals surface area contributed by atoms with E-state index in [1.165, 1.54) is 36.0 Å². The monoisotopic (exact) mass is 229 g/mol. The zero-order chi connectivity index (χ0) is 12.1. The molecule has 0 aliphatic heterocycles. The molecule has 1 unspecified atom stereocenters. The summed E-state index contributed by atoms with van der Waals surface area (Å²) in [6.07, 6.45) is 9.44. The second-order valence-corrected chi connectivity index (χ2v) is 5.08. The number of hydrogen-bond donors (Lipinski definition) is 1. The van der Waals surface area contributed by atoms with Gasteiger partial charge in [-0.1, -0.05) is 49.3 Å². The molecule has 0 heterocycles. The Kier molecular flexibility index (Phi) is 4.38. The fraction of sp³-hybridized carbons (Fsp3) is 0.500. The highest BCUT2D eigenvalue weighted by Gasteiger charge is 2.08. The van der Waals surface area contributed by atoms with E-state index in [4.69, 9.17) is 5.73 Å². The van der Waals surface area contributed by atoms with Gasteiger partial charge in [0.05, 0.1) is 0 Å². The molecule has 1 heteroatoms. The summed E-state index contributed by atoms with van der Waals surface area (Å²) >= 11 is 0. The predicted molar refractivity (Wildman–Crippen MR) is 74.1 cm³/mol. The fourth-order valence-corrected chi connectivity index (χ4v) is 2.50. The smallest absolute Gasteiger partial charge is 0.0226 e. The van der Waals surface area contributed by atoms with Crippen molar-refractivity contribution in [2.24, 2.45) is 5.73 Å². The number of benzene rings is 1. The number of allylic oxidation sites excluding steroid dienone is 1. The summed E-state index contributed by atoms with van der Waals surface area (Å²) in [5.41, 5.74) is 10.4. The third kappa shape index (κ3) is 3.71. The average molecular weight is 229 g/mol. The van der Waals surface area contributed by atoms with Crippen LogP contribution in [0.3, 0.4) is 0 Å². The van der Waals surface area contributed by atoms with Crippen LogP contribution in [-0.2, 0) is 12.8 Å². The van der Waals surface area contributed by atoms with Gasteiger partial charge in [-0.25, -0.2) is 0 Å². The molecule has 0 radical (unpaired) electrons. The Morgan fingerprint density at radius 1 is 1.12 bits per heavy atom. The van der Waals surface area contributed by atoms with Crippen molar-refractivity contribution in [2.45, 2.75) is 51.5 Å². The molecule has 0 aromatic heterocycles. The van der Waals surface area contributed by atoms with E-state index >= 15 is 0 Å². The fourth-order valence-electron chi connectivity index (χ4n) is 2.50. The molecule has 1 nitrogen and oxygen atoms in total. The Labute approximate surface area is 105 Å². The summed E-state index contributed by atoms with van der Waals surface area (Å²) in [5, 5.41) is 0. The van der Waals surface area contributed by atoms with E-state index in [9.17, 15) is 0 Å². The highest BCUT2D eigenvalue weighted by molar-refractivity contribution is 5.27. The molecule has 1 atom stereocenters. The maximum Gasteiger partial charge on any atom is 0.0226 e. The van der Waals surface area contributed by atoms with Crippen LogP contribution in [0.25, 0.3) is 0 Å². The summed E-state index contributed by atoms with van der Waals surface area (Å²) in [6, 6.07) is 9.29. The van der Waals surface area contributed by atoms with E-state index in [2.05, 4.69) is 37.3 Å². The van der Waals surface area contributed by atoms with Gasteiger partial charge >= 0.3 is 0 Å². The lowest BCUT2D eigenvalue weighted by Crippen LogP contribution is -2.16. The molecule has 2 rings (SSSR count). The van der Waals surface area contributed by atoms with Crippen molar-refractivity contribution >= 4 is 0 Å². The van der Waals surface area contributed by atoms with Gasteiger partial charge in [0.25, 0.3) is 0 Å². The third-order valence-corrected chi connectivity index (χ3v) is 3.60. The first-order valence-corrected chi connectivity index (χ1v) is 6.81. The Hall–Kier alpha value is -1.08. The first kappa shape index (κ1) is 12.4. The molecule has 1 aliphatic rings. The zero-order valence-electron chi connectivity index (χ0n) is 10.8. The normalized spacial score (nSPS) is 20.8. The van der Waals surface area contributed by atoms with Crippen molar-refractivity contribution in [1.82, 2.24) is 0 Å². The number of rotatable bonds is 3. The van der Waals surface area contributed by atoms with Crippen LogP contribution in [0, 0.1) is 0 Å². The van der Waals surface area contributed by atoms with E-state index in [0.717, 1.165) is 19.3 Å². The summed E-state index contributed by atoms with van der Waals surface area (Å²) in [7, 11) is 0. The molecule has 17 heavy (non-hydrogen) atoms. The van der Waals surface area contributed by atoms with Crippen molar-refractivity contribution in [3.8, 4) is 0 Å². The Morgan fingerprint density at radius 2 is 1.82 bits per heavy atom. The lowest BCUT2D eigenvalue weighted by atomic mass is 9.99. The van der Waals surface area contributed by atoms with Crippen LogP contribution in [0.4, 0.5) is 0 Å². The Balaban J connectivity index is 2.03. The van der Waals surface area contributed by atoms with Gasteiger partial charge < -0.3 is 5.73 Å². The first-order valence-electron chi connectivity index (χ1n) is 6.81. The minimum Gasteiger partial charge on any atom is -0.324 e. The summed E-state index contributed by atoms with van der Waals surface area (Å²) in [4.78, 5) is 0. The Morgan fingerprint density at radius 3 is 2.53 bits per heavy atom. The van der Waals surface area contributed by atoms with E-state index in [1.807, 2.05) is 0 Å². The molecule has 1 aliphatic carbocycles. The topological polar surface area (TPSA) is 26.0 Å². The van der Waals surface area contributed by atoms with E-state index in [0.29, 0.717) is 0 Å². The van der Waals surface area contributed by atoms with Gasteiger partial charge in [0.1, 0.15) is 0 Å². The lowest BCUT2D eigenvalue weighted by molar-refractivity contribution is 0.654. The van der Waals surface area contributed by atoms with Crippen molar-refractivity contribution in [3.05, 3.63) is 47.0 Å². The zero-order valence-corrected chi connectivity index (χ0v) is 10.8. The largest absolute Gasteiger partial charge is 0.324 e.